The second-order valence-electron chi connectivity index (χ2n) is 5.79. The minimum Gasteiger partial charge on any atom is -0.455 e. The van der Waals surface area contributed by atoms with E-state index in [-0.39, 0.29) is 12.4 Å². The monoisotopic (exact) mass is 350 g/mol. The topological polar surface area (TPSA) is 50.4 Å². The Hall–Kier alpha value is -3.34. The molecule has 0 saturated heterocycles. The van der Waals surface area contributed by atoms with Gasteiger partial charge in [-0.1, -0.05) is 36.4 Å². The van der Waals surface area contributed by atoms with E-state index in [0.29, 0.717) is 17.2 Å². The maximum atomic E-state index is 13.3. The van der Waals surface area contributed by atoms with Gasteiger partial charge in [-0.05, 0) is 54.4 Å². The molecule has 4 nitrogen and oxygen atoms in total. The summed E-state index contributed by atoms with van der Waals surface area (Å²) in [6, 6.07) is 20.6. The molecule has 0 unspecified atom stereocenters. The van der Waals surface area contributed by atoms with Gasteiger partial charge in [-0.25, -0.2) is 9.18 Å². The molecule has 0 aliphatic carbocycles. The summed E-state index contributed by atoms with van der Waals surface area (Å²) in [6.07, 6.45) is 0. The van der Waals surface area contributed by atoms with E-state index in [9.17, 15) is 9.18 Å². The van der Waals surface area contributed by atoms with E-state index in [1.165, 1.54) is 12.1 Å². The highest BCUT2D eigenvalue weighted by Crippen LogP contribution is 2.28. The SMILES string of the molecule is Cc1ccc(F)cc1CNC(=O)Nc1ccccc1Oc1ccccc1. The van der Waals surface area contributed by atoms with Crippen molar-refractivity contribution in [3.8, 4) is 11.5 Å². The number of anilines is 1. The molecule has 0 bridgehead atoms. The first-order valence-corrected chi connectivity index (χ1v) is 8.23. The number of nitrogens with one attached hydrogen (secondary N) is 2. The smallest absolute Gasteiger partial charge is 0.319 e. The van der Waals surface area contributed by atoms with Crippen molar-refractivity contribution in [3.63, 3.8) is 0 Å². The van der Waals surface area contributed by atoms with Crippen molar-refractivity contribution in [3.05, 3.63) is 89.7 Å². The van der Waals surface area contributed by atoms with Gasteiger partial charge in [0.15, 0.2) is 5.75 Å². The van der Waals surface area contributed by atoms with Crippen molar-refractivity contribution in [2.24, 2.45) is 0 Å². The molecule has 0 fully saturated rings. The molecule has 5 heteroatoms. The Morgan fingerprint density at radius 3 is 2.54 bits per heavy atom. The Kier molecular flexibility index (Phi) is 5.49. The van der Waals surface area contributed by atoms with Gasteiger partial charge >= 0.3 is 6.03 Å². The van der Waals surface area contributed by atoms with Crippen LogP contribution in [-0.4, -0.2) is 6.03 Å². The molecule has 0 saturated carbocycles. The number of carbonyl (C=O) groups is 1. The van der Waals surface area contributed by atoms with Crippen LogP contribution < -0.4 is 15.4 Å². The fourth-order valence-corrected chi connectivity index (χ4v) is 2.45. The molecule has 3 aromatic carbocycles. The Morgan fingerprint density at radius 1 is 1.00 bits per heavy atom. The van der Waals surface area contributed by atoms with Crippen molar-refractivity contribution >= 4 is 11.7 Å². The third-order valence-corrected chi connectivity index (χ3v) is 3.86. The Bertz CT molecular complexity index is 898. The number of benzene rings is 3. The number of amides is 2. The van der Waals surface area contributed by atoms with Crippen molar-refractivity contribution in [1.82, 2.24) is 5.32 Å². The van der Waals surface area contributed by atoms with Crippen LogP contribution >= 0.6 is 0 Å². The average molecular weight is 350 g/mol. The third-order valence-electron chi connectivity index (χ3n) is 3.86. The number of ether oxygens (including phenoxy) is 1. The summed E-state index contributed by atoms with van der Waals surface area (Å²) in [6.45, 7) is 2.11. The summed E-state index contributed by atoms with van der Waals surface area (Å²) in [5.41, 5.74) is 2.19. The van der Waals surface area contributed by atoms with Crippen LogP contribution in [0.1, 0.15) is 11.1 Å². The van der Waals surface area contributed by atoms with Crippen LogP contribution in [0.25, 0.3) is 0 Å². The maximum Gasteiger partial charge on any atom is 0.319 e. The van der Waals surface area contributed by atoms with Crippen molar-refractivity contribution in [1.29, 1.82) is 0 Å². The zero-order valence-corrected chi connectivity index (χ0v) is 14.3. The lowest BCUT2D eigenvalue weighted by molar-refractivity contribution is 0.251. The maximum absolute atomic E-state index is 13.3. The van der Waals surface area contributed by atoms with E-state index >= 15 is 0 Å². The molecule has 132 valence electrons. The molecule has 0 spiro atoms. The van der Waals surface area contributed by atoms with E-state index in [1.807, 2.05) is 49.4 Å². The van der Waals surface area contributed by atoms with Crippen LogP contribution in [-0.2, 0) is 6.54 Å². The predicted molar refractivity (Wildman–Crippen MR) is 100.0 cm³/mol. The second kappa shape index (κ2) is 8.16. The number of aryl methyl sites for hydroxylation is 1. The van der Waals surface area contributed by atoms with E-state index in [1.54, 1.807) is 18.2 Å². The molecule has 2 N–H and O–H groups in total. The highest BCUT2D eigenvalue weighted by Gasteiger charge is 2.09. The van der Waals surface area contributed by atoms with E-state index in [4.69, 9.17) is 4.74 Å². The molecule has 26 heavy (non-hydrogen) atoms. The number of rotatable bonds is 5. The highest BCUT2D eigenvalue weighted by molar-refractivity contribution is 5.90. The van der Waals surface area contributed by atoms with Gasteiger partial charge in [0.2, 0.25) is 0 Å². The minimum absolute atomic E-state index is 0.233. The molecule has 0 heterocycles. The van der Waals surface area contributed by atoms with E-state index in [0.717, 1.165) is 11.1 Å². The second-order valence-corrected chi connectivity index (χ2v) is 5.79. The van der Waals surface area contributed by atoms with Gasteiger partial charge in [-0.3, -0.25) is 0 Å². The molecule has 0 atom stereocenters. The van der Waals surface area contributed by atoms with Gasteiger partial charge in [0, 0.05) is 6.54 Å². The lowest BCUT2D eigenvalue weighted by Gasteiger charge is -2.13. The number of urea groups is 1. The molecule has 0 aromatic heterocycles. The van der Waals surface area contributed by atoms with Crippen molar-refractivity contribution in [2.45, 2.75) is 13.5 Å². The average Bonchev–Trinajstić information content (AvgIpc) is 2.65. The largest absolute Gasteiger partial charge is 0.455 e. The summed E-state index contributed by atoms with van der Waals surface area (Å²) in [7, 11) is 0. The lowest BCUT2D eigenvalue weighted by atomic mass is 10.1. The number of halogens is 1. The Labute approximate surface area is 151 Å². The Morgan fingerprint density at radius 2 is 1.73 bits per heavy atom. The van der Waals surface area contributed by atoms with E-state index < -0.39 is 6.03 Å². The molecular weight excluding hydrogens is 331 g/mol. The molecule has 3 rings (SSSR count). The molecule has 3 aromatic rings. The predicted octanol–water partition coefficient (Wildman–Crippen LogP) is 5.25. The highest BCUT2D eigenvalue weighted by atomic mass is 19.1. The van der Waals surface area contributed by atoms with Gasteiger partial charge in [-0.2, -0.15) is 0 Å². The van der Waals surface area contributed by atoms with Crippen LogP contribution in [0.2, 0.25) is 0 Å². The standard InChI is InChI=1S/C21H19FN2O2/c1-15-11-12-17(22)13-16(15)14-23-21(25)24-19-9-5-6-10-20(19)26-18-7-3-2-4-8-18/h2-13H,14H2,1H3,(H2,23,24,25). The number of hydrogen-bond acceptors (Lipinski definition) is 2. The van der Waals surface area contributed by atoms with Crippen LogP contribution in [0.15, 0.2) is 72.8 Å². The quantitative estimate of drug-likeness (QED) is 0.660. The number of hydrogen-bond donors (Lipinski definition) is 2. The van der Waals surface area contributed by atoms with Gasteiger partial charge < -0.3 is 15.4 Å². The molecule has 0 radical (unpaired) electrons. The summed E-state index contributed by atoms with van der Waals surface area (Å²) < 4.78 is 19.1. The number of para-hydroxylation sites is 3. The molecule has 0 aliphatic rings. The summed E-state index contributed by atoms with van der Waals surface area (Å²) in [4.78, 5) is 12.2. The fraction of sp³-hybridized carbons (Fsp3) is 0.0952. The van der Waals surface area contributed by atoms with Crippen molar-refractivity contribution < 1.29 is 13.9 Å². The van der Waals surface area contributed by atoms with Crippen LogP contribution in [0.3, 0.4) is 0 Å². The summed E-state index contributed by atoms with van der Waals surface area (Å²) in [5.74, 6) is 0.891. The van der Waals surface area contributed by atoms with Gasteiger partial charge in [0.05, 0.1) is 5.69 Å². The molecule has 0 aliphatic heterocycles. The normalized spacial score (nSPS) is 10.2. The van der Waals surface area contributed by atoms with Gasteiger partial charge in [0.25, 0.3) is 0 Å². The zero-order valence-electron chi connectivity index (χ0n) is 14.3. The lowest BCUT2D eigenvalue weighted by Crippen LogP contribution is -2.28. The summed E-state index contributed by atoms with van der Waals surface area (Å²) in [5, 5.41) is 5.50. The third kappa shape index (κ3) is 4.60. The first-order valence-electron chi connectivity index (χ1n) is 8.23. The fourth-order valence-electron chi connectivity index (χ4n) is 2.45. The minimum atomic E-state index is -0.391. The number of carbonyl (C=O) groups excluding carboxylic acids is 1. The van der Waals surface area contributed by atoms with Crippen molar-refractivity contribution in [2.75, 3.05) is 5.32 Å². The van der Waals surface area contributed by atoms with Gasteiger partial charge in [-0.15, -0.1) is 0 Å². The molecule has 2 amide bonds. The van der Waals surface area contributed by atoms with Crippen LogP contribution in [0.4, 0.5) is 14.9 Å². The van der Waals surface area contributed by atoms with E-state index in [2.05, 4.69) is 10.6 Å². The van der Waals surface area contributed by atoms with Crippen LogP contribution in [0.5, 0.6) is 11.5 Å². The first kappa shape index (κ1) is 17.5. The zero-order chi connectivity index (χ0) is 18.4. The van der Waals surface area contributed by atoms with Crippen LogP contribution in [0, 0.1) is 12.7 Å². The van der Waals surface area contributed by atoms with Gasteiger partial charge in [0.1, 0.15) is 11.6 Å². The first-order chi connectivity index (χ1) is 12.6. The Balaban J connectivity index is 1.65. The summed E-state index contributed by atoms with van der Waals surface area (Å²) >= 11 is 0. The molecular formula is C21H19FN2O2.